The van der Waals surface area contributed by atoms with Crippen molar-refractivity contribution in [1.82, 2.24) is 0 Å². The third-order valence-electron chi connectivity index (χ3n) is 0. The predicted molar refractivity (Wildman–Crippen MR) is 4.97 cm³/mol. The Balaban J connectivity index is -0.00000000500. The molecule has 0 amide bonds. The van der Waals surface area contributed by atoms with Gasteiger partial charge in [0.15, 0.2) is 0 Å². The standard InChI is InChI=1S/CN.Ag.K/c1-2;;/q-1;2*+1. The van der Waals surface area contributed by atoms with E-state index in [0.29, 0.717) is 0 Å². The topological polar surface area (TPSA) is 23.8 Å². The van der Waals surface area contributed by atoms with Gasteiger partial charge in [0, 0.05) is 0 Å². The molecule has 0 aliphatic carbocycles. The van der Waals surface area contributed by atoms with Gasteiger partial charge in [-0.1, -0.05) is 0 Å². The van der Waals surface area contributed by atoms with Gasteiger partial charge in [-0.25, -0.2) is 0 Å². The molecule has 3 heteroatoms. The molecule has 0 fully saturated rings. The molecule has 0 aromatic heterocycles. The smallest absolute Gasteiger partial charge is 0.512 e. The van der Waals surface area contributed by atoms with Crippen LogP contribution in [-0.4, -0.2) is 0 Å². The fourth-order valence-electron chi connectivity index (χ4n) is 0. The molecule has 0 heterocycles. The molecule has 0 saturated heterocycles. The molecular weight excluding hydrogens is 173 g/mol. The molecule has 0 bridgehead atoms. The van der Waals surface area contributed by atoms with E-state index in [4.69, 9.17) is 11.8 Å². The zero-order chi connectivity index (χ0) is 2.00. The van der Waals surface area contributed by atoms with Gasteiger partial charge >= 0.3 is 73.8 Å². The van der Waals surface area contributed by atoms with Gasteiger partial charge in [0.2, 0.25) is 0 Å². The van der Waals surface area contributed by atoms with Crippen molar-refractivity contribution in [1.29, 1.82) is 5.26 Å². The fraction of sp³-hybridized carbons (Fsp3) is 0. The predicted octanol–water partition coefficient (Wildman–Crippen LogP) is -2.90. The first kappa shape index (κ1) is 16.9. The second kappa shape index (κ2) is 20.9. The van der Waals surface area contributed by atoms with E-state index < -0.39 is 0 Å². The van der Waals surface area contributed by atoms with Crippen molar-refractivity contribution in [2.75, 3.05) is 0 Å². The quantitative estimate of drug-likeness (QED) is 0.284. The average Bonchev–Trinajstić information content (AvgIpc) is 1.00. The summed E-state index contributed by atoms with van der Waals surface area (Å²) < 4.78 is 0. The van der Waals surface area contributed by atoms with E-state index in [1.807, 2.05) is 0 Å². The van der Waals surface area contributed by atoms with E-state index in [-0.39, 0.29) is 73.8 Å². The summed E-state index contributed by atoms with van der Waals surface area (Å²) in [6, 6.07) is 0. The number of rotatable bonds is 0. The van der Waals surface area contributed by atoms with E-state index in [2.05, 4.69) is 0 Å². The monoisotopic (exact) mass is 172 g/mol. The number of hydrogen-bond acceptors (Lipinski definition) is 1. The molecule has 0 radical (unpaired) electrons. The van der Waals surface area contributed by atoms with Crippen molar-refractivity contribution in [2.45, 2.75) is 0 Å². The maximum absolute atomic E-state index is 6.25. The molecule has 1 nitrogen and oxygen atoms in total. The van der Waals surface area contributed by atoms with Crippen LogP contribution in [0.1, 0.15) is 0 Å². The van der Waals surface area contributed by atoms with E-state index in [1.165, 1.54) is 0 Å². The van der Waals surface area contributed by atoms with Crippen molar-refractivity contribution in [2.24, 2.45) is 0 Å². The molecular formula is CAgKN+. The molecule has 0 aliphatic heterocycles. The minimum Gasteiger partial charge on any atom is -0.512 e. The first-order valence-electron chi connectivity index (χ1n) is 0.224. The second-order valence-electron chi connectivity index (χ2n) is 0. The minimum absolute atomic E-state index is 0. The maximum Gasteiger partial charge on any atom is 1.00 e. The van der Waals surface area contributed by atoms with Crippen LogP contribution in [0.2, 0.25) is 0 Å². The Bertz CT molecular complexity index is 12.8. The summed E-state index contributed by atoms with van der Waals surface area (Å²) in [6.45, 7) is 4.75. The molecule has 0 rings (SSSR count). The Morgan fingerprint density at radius 3 is 1.25 bits per heavy atom. The maximum atomic E-state index is 6.25. The Kier molecular flexibility index (Phi) is 88.3. The van der Waals surface area contributed by atoms with Gasteiger partial charge in [0.1, 0.15) is 0 Å². The van der Waals surface area contributed by atoms with Crippen LogP contribution in [-0.2, 0) is 22.4 Å². The molecule has 0 N–H and O–H groups in total. The normalized spacial score (nSPS) is 0.500. The van der Waals surface area contributed by atoms with Crippen LogP contribution in [0.5, 0.6) is 0 Å². The van der Waals surface area contributed by atoms with E-state index in [9.17, 15) is 0 Å². The van der Waals surface area contributed by atoms with Crippen molar-refractivity contribution in [3.05, 3.63) is 6.57 Å². The second-order valence-corrected chi connectivity index (χ2v) is 0. The molecule has 20 valence electrons. The SMILES string of the molecule is [Ag+].[C-]#N.[K+]. The summed E-state index contributed by atoms with van der Waals surface area (Å²) in [5.41, 5.74) is 0. The van der Waals surface area contributed by atoms with E-state index >= 15 is 0 Å². The minimum atomic E-state index is 0. The van der Waals surface area contributed by atoms with Crippen LogP contribution in [0.4, 0.5) is 0 Å². The van der Waals surface area contributed by atoms with Gasteiger partial charge in [0.05, 0.1) is 0 Å². The molecule has 0 atom stereocenters. The van der Waals surface area contributed by atoms with Crippen molar-refractivity contribution in [3.8, 4) is 0 Å². The van der Waals surface area contributed by atoms with Crippen LogP contribution in [0.15, 0.2) is 0 Å². The van der Waals surface area contributed by atoms with Gasteiger partial charge < -0.3 is 11.8 Å². The number of hydrogen-bond donors (Lipinski definition) is 0. The molecule has 0 aliphatic rings. The van der Waals surface area contributed by atoms with Crippen LogP contribution in [0.3, 0.4) is 0 Å². The Labute approximate surface area is 83.7 Å². The van der Waals surface area contributed by atoms with Crippen molar-refractivity contribution >= 4 is 0 Å². The van der Waals surface area contributed by atoms with Gasteiger partial charge in [-0.3, -0.25) is 0 Å². The third kappa shape index (κ3) is 9.12. The molecule has 4 heavy (non-hydrogen) atoms. The van der Waals surface area contributed by atoms with Gasteiger partial charge in [-0.05, 0) is 0 Å². The molecule has 0 aromatic carbocycles. The molecule has 0 unspecified atom stereocenters. The number of nitrogens with zero attached hydrogens (tertiary/aromatic N) is 1. The summed E-state index contributed by atoms with van der Waals surface area (Å²) >= 11 is 0. The Morgan fingerprint density at radius 2 is 1.25 bits per heavy atom. The van der Waals surface area contributed by atoms with Crippen LogP contribution in [0.25, 0.3) is 0 Å². The largest absolute Gasteiger partial charge is 1.00 e. The summed E-state index contributed by atoms with van der Waals surface area (Å²) in [6.07, 6.45) is 0. The van der Waals surface area contributed by atoms with E-state index in [0.717, 1.165) is 0 Å². The summed E-state index contributed by atoms with van der Waals surface area (Å²) in [5, 5.41) is 6.25. The Hall–Kier alpha value is 1.87. The zero-order valence-corrected chi connectivity index (χ0v) is 6.85. The van der Waals surface area contributed by atoms with Crippen LogP contribution < -0.4 is 51.4 Å². The van der Waals surface area contributed by atoms with Gasteiger partial charge in [-0.15, -0.1) is 0 Å². The Morgan fingerprint density at radius 1 is 1.25 bits per heavy atom. The zero-order valence-electron chi connectivity index (χ0n) is 2.25. The summed E-state index contributed by atoms with van der Waals surface area (Å²) in [5.74, 6) is 0. The third-order valence-corrected chi connectivity index (χ3v) is 0. The van der Waals surface area contributed by atoms with Crippen molar-refractivity contribution in [3.63, 3.8) is 0 Å². The molecule has 0 aromatic rings. The molecule has 0 spiro atoms. The summed E-state index contributed by atoms with van der Waals surface area (Å²) in [7, 11) is 0. The first-order valence-corrected chi connectivity index (χ1v) is 0.224. The van der Waals surface area contributed by atoms with Crippen LogP contribution in [0, 0.1) is 11.8 Å². The van der Waals surface area contributed by atoms with Crippen LogP contribution >= 0.6 is 0 Å². The first-order chi connectivity index (χ1) is 1.00. The van der Waals surface area contributed by atoms with Gasteiger partial charge in [0.25, 0.3) is 0 Å². The average molecular weight is 173 g/mol. The van der Waals surface area contributed by atoms with Gasteiger partial charge in [-0.2, -0.15) is 0 Å². The molecule has 0 saturated carbocycles. The summed E-state index contributed by atoms with van der Waals surface area (Å²) in [4.78, 5) is 0. The van der Waals surface area contributed by atoms with E-state index in [1.54, 1.807) is 0 Å². The van der Waals surface area contributed by atoms with Crippen molar-refractivity contribution < 1.29 is 73.8 Å². The fourth-order valence-corrected chi connectivity index (χ4v) is 0.